The van der Waals surface area contributed by atoms with Gasteiger partial charge in [0.2, 0.25) is 5.91 Å². The summed E-state index contributed by atoms with van der Waals surface area (Å²) in [5.41, 5.74) is 5.97. The molecule has 0 aromatic rings. The van der Waals surface area contributed by atoms with Crippen LogP contribution in [0.25, 0.3) is 0 Å². The first kappa shape index (κ1) is 43.9. The number of ether oxygens (including phenoxy) is 2. The summed E-state index contributed by atoms with van der Waals surface area (Å²) in [4.78, 5) is 55.0. The monoisotopic (exact) mass is 680 g/mol. The van der Waals surface area contributed by atoms with E-state index in [1.807, 2.05) is 0 Å². The lowest BCUT2D eigenvalue weighted by Crippen LogP contribution is -2.43. The van der Waals surface area contributed by atoms with E-state index in [1.165, 1.54) is 88.8 Å². The number of thioether (sulfide) groups is 1. The van der Waals surface area contributed by atoms with Crippen molar-refractivity contribution in [1.82, 2.24) is 5.32 Å². The zero-order valence-corrected chi connectivity index (χ0v) is 30.0. The molecular formula is C33H65N2O8PS. The molecule has 12 heteroatoms. The molecule has 0 aromatic heterocycles. The lowest BCUT2D eigenvalue weighted by molar-refractivity contribution is -0.157. The molecule has 0 saturated carbocycles. The van der Waals surface area contributed by atoms with Gasteiger partial charge in [0.15, 0.2) is 0 Å². The van der Waals surface area contributed by atoms with Crippen molar-refractivity contribution in [2.75, 3.05) is 30.8 Å². The molecule has 5 N–H and O–H groups in total. The number of unbranched alkanes of at least 4 members (excludes halogenated alkanes) is 16. The number of carbonyl (C=O) groups is 3. The van der Waals surface area contributed by atoms with Crippen molar-refractivity contribution in [2.24, 2.45) is 5.73 Å². The third-order valence-corrected chi connectivity index (χ3v) is 9.66. The first-order valence-electron chi connectivity index (χ1n) is 17.6. The van der Waals surface area contributed by atoms with Gasteiger partial charge >= 0.3 is 19.5 Å². The summed E-state index contributed by atoms with van der Waals surface area (Å²) in [6.45, 7) is 4.52. The summed E-state index contributed by atoms with van der Waals surface area (Å²) in [7, 11) is -4.10. The van der Waals surface area contributed by atoms with Crippen LogP contribution in [0.5, 0.6) is 0 Å². The molecule has 0 radical (unpaired) electrons. The standard InChI is InChI=1S/C33H65N2O8PS/c1-3-5-7-9-11-13-15-17-19-22-31(36)42-26-29(43-32(37)23-20-18-16-14-12-10-8-6-4-2)27-45-28-30(34)33(38)35-24-21-25-44(39,40)41/h29-30H,3-28,34H2,1-2H3,(H,35,38)(H2,39,40,41)/t29-,30+/m1/s1. The van der Waals surface area contributed by atoms with Crippen molar-refractivity contribution in [3.05, 3.63) is 0 Å². The number of carbonyl (C=O) groups excluding carboxylic acids is 3. The molecule has 1 amide bonds. The molecule has 0 rings (SSSR count). The summed E-state index contributed by atoms with van der Waals surface area (Å²) < 4.78 is 22.1. The molecule has 10 nitrogen and oxygen atoms in total. The minimum Gasteiger partial charge on any atom is -0.462 e. The number of esters is 2. The number of amides is 1. The van der Waals surface area contributed by atoms with Crippen molar-refractivity contribution in [3.8, 4) is 0 Å². The highest BCUT2D eigenvalue weighted by atomic mass is 32.2. The van der Waals surface area contributed by atoms with Gasteiger partial charge in [0.05, 0.1) is 12.2 Å². The summed E-state index contributed by atoms with van der Waals surface area (Å²) in [6.07, 6.45) is 20.7. The van der Waals surface area contributed by atoms with E-state index in [-0.39, 0.29) is 43.4 Å². The lowest BCUT2D eigenvalue weighted by atomic mass is 10.1. The Morgan fingerprint density at radius 3 is 1.67 bits per heavy atom. The molecule has 0 aliphatic rings. The molecule has 0 saturated heterocycles. The zero-order chi connectivity index (χ0) is 33.6. The molecule has 0 bridgehead atoms. The van der Waals surface area contributed by atoms with Crippen LogP contribution in [0.1, 0.15) is 149 Å². The highest BCUT2D eigenvalue weighted by Gasteiger charge is 2.20. The van der Waals surface area contributed by atoms with Crippen LogP contribution in [0.2, 0.25) is 0 Å². The van der Waals surface area contributed by atoms with Crippen molar-refractivity contribution in [1.29, 1.82) is 0 Å². The third-order valence-electron chi connectivity index (χ3n) is 7.56. The van der Waals surface area contributed by atoms with Crippen molar-refractivity contribution in [2.45, 2.75) is 161 Å². The van der Waals surface area contributed by atoms with Crippen LogP contribution in [-0.4, -0.2) is 70.6 Å². The molecule has 0 spiro atoms. The van der Waals surface area contributed by atoms with Crippen LogP contribution < -0.4 is 11.1 Å². The predicted molar refractivity (Wildman–Crippen MR) is 184 cm³/mol. The second-order valence-electron chi connectivity index (χ2n) is 12.1. The maximum Gasteiger partial charge on any atom is 0.325 e. The predicted octanol–water partition coefficient (Wildman–Crippen LogP) is 7.03. The number of hydrogen-bond acceptors (Lipinski definition) is 8. The van der Waals surface area contributed by atoms with Gasteiger partial charge in [0, 0.05) is 30.9 Å². The average molecular weight is 681 g/mol. The highest BCUT2D eigenvalue weighted by Crippen LogP contribution is 2.34. The lowest BCUT2D eigenvalue weighted by Gasteiger charge is -2.19. The van der Waals surface area contributed by atoms with E-state index in [4.69, 9.17) is 25.0 Å². The van der Waals surface area contributed by atoms with Gasteiger partial charge in [-0.2, -0.15) is 11.8 Å². The van der Waals surface area contributed by atoms with Gasteiger partial charge in [-0.25, -0.2) is 0 Å². The van der Waals surface area contributed by atoms with Crippen LogP contribution in [0.4, 0.5) is 0 Å². The molecule has 266 valence electrons. The SMILES string of the molecule is CCCCCCCCCCCC(=O)OC[C@H](CSC[C@H](N)C(=O)NCCCP(=O)(O)O)OC(=O)CCCCCCCCCCC. The van der Waals surface area contributed by atoms with Gasteiger partial charge in [-0.3, -0.25) is 18.9 Å². The average Bonchev–Trinajstić information content (AvgIpc) is 2.99. The second-order valence-corrected chi connectivity index (χ2v) is 15.0. The molecule has 2 atom stereocenters. The molecule has 0 aromatic carbocycles. The molecular weight excluding hydrogens is 615 g/mol. The van der Waals surface area contributed by atoms with Gasteiger partial charge in [-0.1, -0.05) is 117 Å². The number of nitrogens with one attached hydrogen (secondary N) is 1. The summed E-state index contributed by atoms with van der Waals surface area (Å²) >= 11 is 1.33. The number of hydrogen-bond donors (Lipinski definition) is 4. The van der Waals surface area contributed by atoms with Gasteiger partial charge in [0.1, 0.15) is 12.7 Å². The van der Waals surface area contributed by atoms with Crippen molar-refractivity contribution >= 4 is 37.2 Å². The van der Waals surface area contributed by atoms with E-state index < -0.39 is 25.6 Å². The summed E-state index contributed by atoms with van der Waals surface area (Å²) in [6, 6.07) is -0.836. The first-order chi connectivity index (χ1) is 21.6. The molecule has 45 heavy (non-hydrogen) atoms. The van der Waals surface area contributed by atoms with E-state index >= 15 is 0 Å². The van der Waals surface area contributed by atoms with Crippen LogP contribution in [0, 0.1) is 0 Å². The van der Waals surface area contributed by atoms with Crippen molar-refractivity contribution < 1.29 is 38.2 Å². The van der Waals surface area contributed by atoms with Crippen LogP contribution >= 0.6 is 19.4 Å². The zero-order valence-electron chi connectivity index (χ0n) is 28.3. The van der Waals surface area contributed by atoms with E-state index in [9.17, 15) is 18.9 Å². The van der Waals surface area contributed by atoms with Crippen LogP contribution in [0.3, 0.4) is 0 Å². The fraction of sp³-hybridized carbons (Fsp3) is 0.909. The fourth-order valence-electron chi connectivity index (χ4n) is 4.81. The Morgan fingerprint density at radius 2 is 1.18 bits per heavy atom. The van der Waals surface area contributed by atoms with Crippen LogP contribution in [0.15, 0.2) is 0 Å². The minimum absolute atomic E-state index is 0.0312. The summed E-state index contributed by atoms with van der Waals surface area (Å²) in [5, 5.41) is 2.58. The van der Waals surface area contributed by atoms with Crippen molar-refractivity contribution in [3.63, 3.8) is 0 Å². The molecule has 0 aliphatic heterocycles. The van der Waals surface area contributed by atoms with E-state index in [0.29, 0.717) is 18.6 Å². The Kier molecular flexibility index (Phi) is 29.5. The maximum absolute atomic E-state index is 12.6. The smallest absolute Gasteiger partial charge is 0.325 e. The first-order valence-corrected chi connectivity index (χ1v) is 20.5. The van der Waals surface area contributed by atoms with Crippen LogP contribution in [-0.2, 0) is 28.4 Å². The van der Waals surface area contributed by atoms with E-state index in [0.717, 1.165) is 38.5 Å². The maximum atomic E-state index is 12.6. The Hall–Kier alpha value is -1.13. The minimum atomic E-state index is -4.10. The second kappa shape index (κ2) is 30.2. The highest BCUT2D eigenvalue weighted by molar-refractivity contribution is 7.99. The van der Waals surface area contributed by atoms with Gasteiger partial charge in [-0.05, 0) is 19.3 Å². The van der Waals surface area contributed by atoms with E-state index in [2.05, 4.69) is 19.2 Å². The number of nitrogens with two attached hydrogens (primary N) is 1. The summed E-state index contributed by atoms with van der Waals surface area (Å²) in [5.74, 6) is -0.448. The molecule has 0 aliphatic carbocycles. The Bertz CT molecular complexity index is 799. The number of rotatable bonds is 32. The molecule has 0 unspecified atom stereocenters. The van der Waals surface area contributed by atoms with Gasteiger partial charge in [-0.15, -0.1) is 0 Å². The fourth-order valence-corrected chi connectivity index (χ4v) is 6.35. The largest absolute Gasteiger partial charge is 0.462 e. The third kappa shape index (κ3) is 31.2. The molecule has 0 heterocycles. The Morgan fingerprint density at radius 1 is 0.711 bits per heavy atom. The van der Waals surface area contributed by atoms with E-state index in [1.54, 1.807) is 0 Å². The Balaban J connectivity index is 4.50. The topological polar surface area (TPSA) is 165 Å². The quantitative estimate of drug-likeness (QED) is 0.0329. The van der Waals surface area contributed by atoms with Gasteiger partial charge in [0.25, 0.3) is 0 Å². The normalized spacial score (nSPS) is 12.9. The molecule has 0 fully saturated rings. The van der Waals surface area contributed by atoms with Gasteiger partial charge < -0.3 is 30.3 Å². The Labute approximate surface area is 277 Å².